The Labute approximate surface area is 88.1 Å². The molecule has 1 rings (SSSR count). The lowest BCUT2D eigenvalue weighted by molar-refractivity contribution is 0.977. The lowest BCUT2D eigenvalue weighted by Gasteiger charge is -2.04. The van der Waals surface area contributed by atoms with Crippen LogP contribution in [0.5, 0.6) is 0 Å². The van der Waals surface area contributed by atoms with Crippen molar-refractivity contribution in [3.63, 3.8) is 0 Å². The number of hydrogen-bond acceptors (Lipinski definition) is 3. The van der Waals surface area contributed by atoms with Gasteiger partial charge < -0.3 is 5.32 Å². The van der Waals surface area contributed by atoms with E-state index in [-0.39, 0.29) is 5.56 Å². The molecule has 13 heavy (non-hydrogen) atoms. The summed E-state index contributed by atoms with van der Waals surface area (Å²) in [4.78, 5) is 11.0. The molecule has 0 aromatic carbocycles. The van der Waals surface area contributed by atoms with E-state index in [0.717, 1.165) is 0 Å². The first-order valence-electron chi connectivity index (χ1n) is 3.41. The fraction of sp³-hybridized carbons (Fsp3) is 0.143. The van der Waals surface area contributed by atoms with Crippen LogP contribution in [0.25, 0.3) is 0 Å². The summed E-state index contributed by atoms with van der Waals surface area (Å²) in [7, 11) is 0. The number of aromatic nitrogens is 2. The zero-order chi connectivity index (χ0) is 9.84. The molecule has 0 amide bonds. The van der Waals surface area contributed by atoms with E-state index in [4.69, 9.17) is 11.6 Å². The molecule has 4 nitrogen and oxygen atoms in total. The van der Waals surface area contributed by atoms with Gasteiger partial charge in [-0.25, -0.2) is 5.10 Å². The van der Waals surface area contributed by atoms with Crippen molar-refractivity contribution in [1.29, 1.82) is 0 Å². The zero-order valence-corrected chi connectivity index (χ0v) is 8.94. The molecular formula is C7H7BrClN3O. The van der Waals surface area contributed by atoms with Crippen LogP contribution in [0, 0.1) is 0 Å². The molecule has 2 N–H and O–H groups in total. The smallest absolute Gasteiger partial charge is 0.280 e. The number of hydrogen-bond donors (Lipinski definition) is 2. The van der Waals surface area contributed by atoms with E-state index in [0.29, 0.717) is 21.7 Å². The normalized spacial score (nSPS) is 9.69. The number of halogens is 2. The number of H-pyrrole nitrogens is 1. The molecule has 70 valence electrons. The van der Waals surface area contributed by atoms with Crippen molar-refractivity contribution in [2.75, 3.05) is 11.9 Å². The van der Waals surface area contributed by atoms with Gasteiger partial charge in [0.1, 0.15) is 4.47 Å². The molecule has 0 aliphatic rings. The van der Waals surface area contributed by atoms with Crippen molar-refractivity contribution in [3.05, 3.63) is 32.6 Å². The summed E-state index contributed by atoms with van der Waals surface area (Å²) in [5.74, 6) is 0. The van der Waals surface area contributed by atoms with Crippen LogP contribution in [0.4, 0.5) is 5.69 Å². The third-order valence-electron chi connectivity index (χ3n) is 1.27. The highest BCUT2D eigenvalue weighted by atomic mass is 79.9. The molecule has 0 aliphatic carbocycles. The number of nitrogens with zero attached hydrogens (tertiary/aromatic N) is 1. The molecule has 0 saturated heterocycles. The van der Waals surface area contributed by atoms with Gasteiger partial charge in [0.05, 0.1) is 18.4 Å². The van der Waals surface area contributed by atoms with Gasteiger partial charge in [0.2, 0.25) is 0 Å². The van der Waals surface area contributed by atoms with Gasteiger partial charge in [-0.15, -0.1) is 0 Å². The summed E-state index contributed by atoms with van der Waals surface area (Å²) < 4.78 is 0.403. The minimum absolute atomic E-state index is 0.287. The molecule has 0 unspecified atom stereocenters. The molecule has 1 heterocycles. The highest BCUT2D eigenvalue weighted by Crippen LogP contribution is 2.15. The van der Waals surface area contributed by atoms with Crippen LogP contribution in [-0.4, -0.2) is 16.7 Å². The topological polar surface area (TPSA) is 57.8 Å². The lowest BCUT2D eigenvalue weighted by Crippen LogP contribution is -2.12. The molecule has 0 bridgehead atoms. The molecule has 0 saturated carbocycles. The Morgan fingerprint density at radius 2 is 2.54 bits per heavy atom. The molecule has 6 heteroatoms. The molecule has 0 radical (unpaired) electrons. The maximum atomic E-state index is 11.0. The summed E-state index contributed by atoms with van der Waals surface area (Å²) in [6.07, 6.45) is 1.49. The predicted molar refractivity (Wildman–Crippen MR) is 56.0 cm³/mol. The third-order valence-corrected chi connectivity index (χ3v) is 2.19. The Morgan fingerprint density at radius 3 is 3.15 bits per heavy atom. The highest BCUT2D eigenvalue weighted by Gasteiger charge is 2.02. The Kier molecular flexibility index (Phi) is 3.50. The standard InChI is InChI=1S/C7H7BrClN3O/c1-4(9)2-10-5-3-11-12-7(13)6(5)8/h3H,1-2H2,(H2,10,12,13). The molecule has 1 aromatic heterocycles. The highest BCUT2D eigenvalue weighted by molar-refractivity contribution is 9.10. The monoisotopic (exact) mass is 263 g/mol. The lowest BCUT2D eigenvalue weighted by atomic mass is 10.4. The van der Waals surface area contributed by atoms with Crippen LogP contribution in [0.15, 0.2) is 27.1 Å². The van der Waals surface area contributed by atoms with Gasteiger partial charge in [0, 0.05) is 5.03 Å². The van der Waals surface area contributed by atoms with Crippen LogP contribution in [0.3, 0.4) is 0 Å². The fourth-order valence-corrected chi connectivity index (χ4v) is 1.10. The van der Waals surface area contributed by atoms with E-state index in [9.17, 15) is 4.79 Å². The van der Waals surface area contributed by atoms with Gasteiger partial charge in [-0.1, -0.05) is 18.2 Å². The Hall–Kier alpha value is -0.810. The van der Waals surface area contributed by atoms with Crippen molar-refractivity contribution in [3.8, 4) is 0 Å². The number of anilines is 1. The molecule has 1 aromatic rings. The van der Waals surface area contributed by atoms with Crippen molar-refractivity contribution >= 4 is 33.2 Å². The van der Waals surface area contributed by atoms with Crippen molar-refractivity contribution in [1.82, 2.24) is 10.2 Å². The van der Waals surface area contributed by atoms with Crippen LogP contribution < -0.4 is 10.9 Å². The molecule has 0 fully saturated rings. The molecule has 0 spiro atoms. The van der Waals surface area contributed by atoms with Crippen LogP contribution >= 0.6 is 27.5 Å². The van der Waals surface area contributed by atoms with Gasteiger partial charge in [-0.05, 0) is 15.9 Å². The quantitative estimate of drug-likeness (QED) is 0.873. The number of nitrogens with one attached hydrogen (secondary N) is 2. The third kappa shape index (κ3) is 2.86. The maximum Gasteiger partial charge on any atom is 0.280 e. The summed E-state index contributed by atoms with van der Waals surface area (Å²) in [5, 5.41) is 9.26. The molecular weight excluding hydrogens is 257 g/mol. The zero-order valence-electron chi connectivity index (χ0n) is 6.60. The van der Waals surface area contributed by atoms with Gasteiger partial charge in [-0.2, -0.15) is 5.10 Å². The van der Waals surface area contributed by atoms with E-state index in [1.165, 1.54) is 6.20 Å². The second kappa shape index (κ2) is 4.43. The first-order valence-corrected chi connectivity index (χ1v) is 4.58. The first-order chi connectivity index (χ1) is 6.11. The minimum atomic E-state index is -0.287. The van der Waals surface area contributed by atoms with Gasteiger partial charge in [-0.3, -0.25) is 4.79 Å². The molecule has 0 aliphatic heterocycles. The van der Waals surface area contributed by atoms with E-state index < -0.39 is 0 Å². The maximum absolute atomic E-state index is 11.0. The van der Waals surface area contributed by atoms with E-state index >= 15 is 0 Å². The predicted octanol–water partition coefficient (Wildman–Crippen LogP) is 1.70. The van der Waals surface area contributed by atoms with Crippen molar-refractivity contribution in [2.45, 2.75) is 0 Å². The van der Waals surface area contributed by atoms with Gasteiger partial charge in [0.25, 0.3) is 5.56 Å². The average molecular weight is 265 g/mol. The summed E-state index contributed by atoms with van der Waals surface area (Å²) in [6.45, 7) is 3.90. The minimum Gasteiger partial charge on any atom is -0.378 e. The van der Waals surface area contributed by atoms with Gasteiger partial charge >= 0.3 is 0 Å². The van der Waals surface area contributed by atoms with E-state index in [1.807, 2.05) is 0 Å². The van der Waals surface area contributed by atoms with Gasteiger partial charge in [0.15, 0.2) is 0 Å². The first kappa shape index (κ1) is 10.3. The van der Waals surface area contributed by atoms with Crippen LogP contribution in [-0.2, 0) is 0 Å². The van der Waals surface area contributed by atoms with Crippen LogP contribution in [0.2, 0.25) is 0 Å². The largest absolute Gasteiger partial charge is 0.378 e. The summed E-state index contributed by atoms with van der Waals surface area (Å²) >= 11 is 8.65. The Balaban J connectivity index is 2.83. The fourth-order valence-electron chi connectivity index (χ4n) is 0.698. The summed E-state index contributed by atoms with van der Waals surface area (Å²) in [6, 6.07) is 0. The average Bonchev–Trinajstić information content (AvgIpc) is 2.07. The Morgan fingerprint density at radius 1 is 1.85 bits per heavy atom. The van der Waals surface area contributed by atoms with Crippen molar-refractivity contribution < 1.29 is 0 Å². The van der Waals surface area contributed by atoms with Crippen LogP contribution in [0.1, 0.15) is 0 Å². The Bertz CT molecular complexity index is 376. The second-order valence-corrected chi connectivity index (χ2v) is 3.63. The van der Waals surface area contributed by atoms with E-state index in [2.05, 4.69) is 38.0 Å². The van der Waals surface area contributed by atoms with Crippen molar-refractivity contribution in [2.24, 2.45) is 0 Å². The SMILES string of the molecule is C=C(Cl)CNc1cn[nH]c(=O)c1Br. The number of rotatable bonds is 3. The molecule has 0 atom stereocenters. The summed E-state index contributed by atoms with van der Waals surface area (Å²) in [5.41, 5.74) is 0.302. The number of aromatic amines is 1. The van der Waals surface area contributed by atoms with E-state index in [1.54, 1.807) is 0 Å². The second-order valence-electron chi connectivity index (χ2n) is 2.30.